The Morgan fingerprint density at radius 3 is 2.28 bits per heavy atom. The number of benzene rings is 2. The summed E-state index contributed by atoms with van der Waals surface area (Å²) in [5.41, 5.74) is 1.71. The summed E-state index contributed by atoms with van der Waals surface area (Å²) in [7, 11) is 1.48. The van der Waals surface area contributed by atoms with Gasteiger partial charge in [0.2, 0.25) is 5.91 Å². The van der Waals surface area contributed by atoms with Gasteiger partial charge in [-0.1, -0.05) is 24.3 Å². The summed E-state index contributed by atoms with van der Waals surface area (Å²) >= 11 is 0. The molecule has 0 unspecified atom stereocenters. The molecule has 7 nitrogen and oxygen atoms in total. The van der Waals surface area contributed by atoms with Gasteiger partial charge in [0.15, 0.2) is 23.9 Å². The van der Waals surface area contributed by atoms with Gasteiger partial charge in [0.1, 0.15) is 0 Å². The number of hydrogen-bond donors (Lipinski definition) is 1. The van der Waals surface area contributed by atoms with Crippen molar-refractivity contribution in [2.24, 2.45) is 0 Å². The number of nitrogens with one attached hydrogen (secondary N) is 1. The van der Waals surface area contributed by atoms with Crippen LogP contribution in [0.15, 0.2) is 42.5 Å². The van der Waals surface area contributed by atoms with Gasteiger partial charge in [0.05, 0.1) is 19.3 Å². The summed E-state index contributed by atoms with van der Waals surface area (Å²) < 4.78 is 15.8. The number of esters is 1. The van der Waals surface area contributed by atoms with Crippen molar-refractivity contribution in [3.8, 4) is 11.5 Å². The first kappa shape index (κ1) is 21.9. The Balaban J connectivity index is 1.91. The van der Waals surface area contributed by atoms with E-state index in [2.05, 4.69) is 5.32 Å². The van der Waals surface area contributed by atoms with Crippen molar-refractivity contribution in [1.82, 2.24) is 5.32 Å². The summed E-state index contributed by atoms with van der Waals surface area (Å²) in [5.74, 6) is -0.0521. The van der Waals surface area contributed by atoms with E-state index >= 15 is 0 Å². The molecule has 29 heavy (non-hydrogen) atoms. The Kier molecular flexibility index (Phi) is 8.21. The van der Waals surface area contributed by atoms with Crippen LogP contribution in [0.25, 0.3) is 0 Å². The fourth-order valence-corrected chi connectivity index (χ4v) is 2.61. The molecule has 0 fully saturated rings. The second kappa shape index (κ2) is 10.8. The molecular weight excluding hydrogens is 374 g/mol. The quantitative estimate of drug-likeness (QED) is 0.488. The lowest BCUT2D eigenvalue weighted by Gasteiger charge is -2.11. The molecule has 0 aliphatic heterocycles. The molecule has 1 N–H and O–H groups in total. The molecule has 0 saturated carbocycles. The van der Waals surface area contributed by atoms with E-state index in [0.29, 0.717) is 36.6 Å². The number of ether oxygens (including phenoxy) is 3. The second-order valence-electron chi connectivity index (χ2n) is 6.23. The van der Waals surface area contributed by atoms with Crippen molar-refractivity contribution in [1.29, 1.82) is 0 Å². The Labute approximate surface area is 170 Å². The summed E-state index contributed by atoms with van der Waals surface area (Å²) in [6.45, 7) is 3.96. The Morgan fingerprint density at radius 1 is 0.966 bits per heavy atom. The number of Topliss-reactive ketones (excluding diaryl/α,β-unsaturated/α-hetero) is 1. The van der Waals surface area contributed by atoms with E-state index in [-0.39, 0.29) is 23.9 Å². The van der Waals surface area contributed by atoms with Gasteiger partial charge < -0.3 is 19.5 Å². The van der Waals surface area contributed by atoms with Gasteiger partial charge in [-0.15, -0.1) is 0 Å². The van der Waals surface area contributed by atoms with Crippen molar-refractivity contribution in [3.05, 3.63) is 59.2 Å². The zero-order valence-corrected chi connectivity index (χ0v) is 16.8. The number of hydrogen-bond acceptors (Lipinski definition) is 6. The fraction of sp³-hybridized carbons (Fsp3) is 0.318. The fourth-order valence-electron chi connectivity index (χ4n) is 2.61. The van der Waals surface area contributed by atoms with Crippen LogP contribution in [0.3, 0.4) is 0 Å². The third-order valence-corrected chi connectivity index (χ3v) is 4.10. The minimum Gasteiger partial charge on any atom is -0.493 e. The third-order valence-electron chi connectivity index (χ3n) is 4.10. The molecule has 2 aromatic carbocycles. The highest BCUT2D eigenvalue weighted by Crippen LogP contribution is 2.28. The monoisotopic (exact) mass is 399 g/mol. The molecule has 154 valence electrons. The SMILES string of the molecule is CCOc1ccc(C(=O)OCC(=O)c2ccc(CCNC(C)=O)cc2)cc1OC. The molecule has 0 aliphatic carbocycles. The largest absolute Gasteiger partial charge is 0.493 e. The van der Waals surface area contributed by atoms with E-state index < -0.39 is 5.97 Å². The van der Waals surface area contributed by atoms with Crippen LogP contribution < -0.4 is 14.8 Å². The molecule has 0 heterocycles. The minimum absolute atomic E-state index is 0.0798. The second-order valence-corrected chi connectivity index (χ2v) is 6.23. The number of methoxy groups -OCH3 is 1. The number of amides is 1. The molecule has 0 radical (unpaired) electrons. The summed E-state index contributed by atoms with van der Waals surface area (Å²) in [6, 6.07) is 11.7. The van der Waals surface area contributed by atoms with Gasteiger partial charge in [0, 0.05) is 19.0 Å². The van der Waals surface area contributed by atoms with Crippen molar-refractivity contribution < 1.29 is 28.6 Å². The lowest BCUT2D eigenvalue weighted by Crippen LogP contribution is -2.22. The van der Waals surface area contributed by atoms with Crippen molar-refractivity contribution in [3.63, 3.8) is 0 Å². The average Bonchev–Trinajstić information content (AvgIpc) is 2.72. The minimum atomic E-state index is -0.619. The third kappa shape index (κ3) is 6.64. The first-order valence-corrected chi connectivity index (χ1v) is 9.29. The van der Waals surface area contributed by atoms with Crippen molar-refractivity contribution >= 4 is 17.7 Å². The molecule has 0 spiro atoms. The van der Waals surface area contributed by atoms with Crippen LogP contribution in [-0.4, -0.2) is 44.5 Å². The maximum absolute atomic E-state index is 12.3. The summed E-state index contributed by atoms with van der Waals surface area (Å²) in [6.07, 6.45) is 0.669. The highest BCUT2D eigenvalue weighted by molar-refractivity contribution is 5.99. The van der Waals surface area contributed by atoms with Crippen LogP contribution in [0.4, 0.5) is 0 Å². The van der Waals surface area contributed by atoms with Gasteiger partial charge in [-0.05, 0) is 37.1 Å². The van der Waals surface area contributed by atoms with Crippen molar-refractivity contribution in [2.45, 2.75) is 20.3 Å². The lowest BCUT2D eigenvalue weighted by atomic mass is 10.1. The molecule has 2 aromatic rings. The number of rotatable bonds is 10. The Bertz CT molecular complexity index is 860. The summed E-state index contributed by atoms with van der Waals surface area (Å²) in [5, 5.41) is 2.72. The molecule has 0 aromatic heterocycles. The molecule has 7 heteroatoms. The van der Waals surface area contributed by atoms with Crippen LogP contribution in [0.1, 0.15) is 40.1 Å². The first-order valence-electron chi connectivity index (χ1n) is 9.29. The average molecular weight is 399 g/mol. The van der Waals surface area contributed by atoms with Gasteiger partial charge in [-0.3, -0.25) is 9.59 Å². The molecule has 0 bridgehead atoms. The van der Waals surface area contributed by atoms with E-state index in [1.165, 1.54) is 20.1 Å². The molecule has 2 rings (SSSR count). The van der Waals surface area contributed by atoms with Gasteiger partial charge in [-0.25, -0.2) is 4.79 Å². The van der Waals surface area contributed by atoms with Gasteiger partial charge in [0.25, 0.3) is 0 Å². The Morgan fingerprint density at radius 2 is 1.66 bits per heavy atom. The molecule has 0 atom stereocenters. The van der Waals surface area contributed by atoms with E-state index in [1.54, 1.807) is 24.3 Å². The Hall–Kier alpha value is -3.35. The standard InChI is InChI=1S/C22H25NO6/c1-4-28-20-10-9-18(13-21(20)27-3)22(26)29-14-19(25)17-7-5-16(6-8-17)11-12-23-15(2)24/h5-10,13H,4,11-12,14H2,1-3H3,(H,23,24). The number of carbonyl (C=O) groups is 3. The molecule has 1 amide bonds. The van der Waals surface area contributed by atoms with E-state index in [9.17, 15) is 14.4 Å². The van der Waals surface area contributed by atoms with Crippen molar-refractivity contribution in [2.75, 3.05) is 26.9 Å². The zero-order valence-electron chi connectivity index (χ0n) is 16.8. The van der Waals surface area contributed by atoms with Gasteiger partial charge in [-0.2, -0.15) is 0 Å². The molecular formula is C22H25NO6. The van der Waals surface area contributed by atoms with E-state index in [4.69, 9.17) is 14.2 Å². The number of carbonyl (C=O) groups excluding carboxylic acids is 3. The van der Waals surface area contributed by atoms with Gasteiger partial charge >= 0.3 is 5.97 Å². The molecule has 0 aliphatic rings. The van der Waals surface area contributed by atoms with Crippen LogP contribution in [0, 0.1) is 0 Å². The zero-order chi connectivity index (χ0) is 21.2. The first-order chi connectivity index (χ1) is 13.9. The lowest BCUT2D eigenvalue weighted by molar-refractivity contribution is -0.118. The number of ketones is 1. The maximum atomic E-state index is 12.3. The van der Waals surface area contributed by atoms with E-state index in [0.717, 1.165) is 5.56 Å². The van der Waals surface area contributed by atoms with E-state index in [1.807, 2.05) is 19.1 Å². The maximum Gasteiger partial charge on any atom is 0.338 e. The predicted octanol–water partition coefficient (Wildman–Crippen LogP) is 2.81. The molecule has 0 saturated heterocycles. The van der Waals surface area contributed by atoms with Crippen LogP contribution in [0.5, 0.6) is 11.5 Å². The smallest absolute Gasteiger partial charge is 0.338 e. The van der Waals surface area contributed by atoms with Crippen LogP contribution in [-0.2, 0) is 16.0 Å². The predicted molar refractivity (Wildman–Crippen MR) is 108 cm³/mol. The van der Waals surface area contributed by atoms with Crippen LogP contribution >= 0.6 is 0 Å². The highest BCUT2D eigenvalue weighted by atomic mass is 16.5. The topological polar surface area (TPSA) is 90.9 Å². The van der Waals surface area contributed by atoms with Crippen LogP contribution in [0.2, 0.25) is 0 Å². The highest BCUT2D eigenvalue weighted by Gasteiger charge is 2.15. The summed E-state index contributed by atoms with van der Waals surface area (Å²) in [4.78, 5) is 35.4. The normalized spacial score (nSPS) is 10.2.